The zero-order chi connectivity index (χ0) is 23.6. The highest BCUT2D eigenvalue weighted by molar-refractivity contribution is 6.02. The van der Waals surface area contributed by atoms with Crippen molar-refractivity contribution in [1.82, 2.24) is 9.88 Å². The van der Waals surface area contributed by atoms with Crippen molar-refractivity contribution in [2.45, 2.75) is 13.3 Å². The van der Waals surface area contributed by atoms with E-state index in [4.69, 9.17) is 14.7 Å². The Morgan fingerprint density at radius 2 is 1.82 bits per heavy atom. The van der Waals surface area contributed by atoms with E-state index in [9.17, 15) is 4.79 Å². The molecule has 0 fully saturated rings. The van der Waals surface area contributed by atoms with E-state index in [1.807, 2.05) is 74.4 Å². The number of hydrogen-bond donors (Lipinski definition) is 1. The van der Waals surface area contributed by atoms with Crippen LogP contribution in [0.5, 0.6) is 5.75 Å². The number of hydrogen-bond acceptors (Lipinski definition) is 6. The van der Waals surface area contributed by atoms with Crippen LogP contribution in [-0.2, 0) is 16.1 Å². The highest BCUT2D eigenvalue weighted by Crippen LogP contribution is 2.22. The molecule has 0 amide bonds. The zero-order valence-electron chi connectivity index (χ0n) is 19.2. The van der Waals surface area contributed by atoms with E-state index in [0.717, 1.165) is 33.7 Å². The Kier molecular flexibility index (Phi) is 8.55. The van der Waals surface area contributed by atoms with Gasteiger partial charge in [-0.1, -0.05) is 47.6 Å². The van der Waals surface area contributed by atoms with Crippen LogP contribution >= 0.6 is 0 Å². The molecular formula is C26H29N3O4. The fourth-order valence-corrected chi connectivity index (χ4v) is 3.32. The van der Waals surface area contributed by atoms with Gasteiger partial charge in [0.15, 0.2) is 6.61 Å². The van der Waals surface area contributed by atoms with E-state index < -0.39 is 5.97 Å². The fraction of sp³-hybridized carbons (Fsp3) is 0.269. The number of nitrogens with zero attached hydrogens (tertiary/aromatic N) is 3. The van der Waals surface area contributed by atoms with Gasteiger partial charge in [-0.25, -0.2) is 0 Å². The quantitative estimate of drug-likeness (QED) is 0.271. The molecule has 0 unspecified atom stereocenters. The Bertz CT molecular complexity index is 1080. The molecule has 0 bridgehead atoms. The minimum Gasteiger partial charge on any atom is -0.490 e. The molecule has 172 valence electrons. The molecule has 0 radical (unpaired) electrons. The first kappa shape index (κ1) is 23.9. The van der Waals surface area contributed by atoms with Crippen molar-refractivity contribution < 1.29 is 19.5 Å². The van der Waals surface area contributed by atoms with Gasteiger partial charge in [0.25, 0.3) is 0 Å². The number of aliphatic carboxylic acids is 1. The summed E-state index contributed by atoms with van der Waals surface area (Å²) in [4.78, 5) is 23.0. The third-order valence-corrected chi connectivity index (χ3v) is 4.99. The SMILES string of the molecule is Cc1c(CC(=O)O)cccc1OCCON=C(CN(C)C)c1ccc(-c2ccccn2)cc1. The number of carbonyl (C=O) groups is 1. The van der Waals surface area contributed by atoms with Gasteiger partial charge in [-0.15, -0.1) is 0 Å². The van der Waals surface area contributed by atoms with Crippen LogP contribution in [0.3, 0.4) is 0 Å². The van der Waals surface area contributed by atoms with Crippen LogP contribution in [-0.4, -0.2) is 60.5 Å². The lowest BCUT2D eigenvalue weighted by molar-refractivity contribution is -0.136. The summed E-state index contributed by atoms with van der Waals surface area (Å²) in [5, 5.41) is 13.4. The predicted octanol–water partition coefficient (Wildman–Crippen LogP) is 4.05. The molecule has 0 aliphatic heterocycles. The molecule has 1 aromatic heterocycles. The van der Waals surface area contributed by atoms with E-state index in [1.165, 1.54) is 0 Å². The fourth-order valence-electron chi connectivity index (χ4n) is 3.32. The lowest BCUT2D eigenvalue weighted by atomic mass is 10.1. The topological polar surface area (TPSA) is 84.2 Å². The van der Waals surface area contributed by atoms with Crippen molar-refractivity contribution in [3.05, 3.63) is 83.6 Å². The van der Waals surface area contributed by atoms with Gasteiger partial charge in [0, 0.05) is 23.9 Å². The Morgan fingerprint density at radius 1 is 1.03 bits per heavy atom. The Hall–Kier alpha value is -3.71. The minimum absolute atomic E-state index is 0.0309. The number of aromatic nitrogens is 1. The lowest BCUT2D eigenvalue weighted by Crippen LogP contribution is -2.23. The zero-order valence-corrected chi connectivity index (χ0v) is 19.2. The van der Waals surface area contributed by atoms with E-state index in [1.54, 1.807) is 18.3 Å². The highest BCUT2D eigenvalue weighted by Gasteiger charge is 2.10. The Morgan fingerprint density at radius 3 is 2.48 bits per heavy atom. The van der Waals surface area contributed by atoms with Gasteiger partial charge < -0.3 is 19.6 Å². The normalized spacial score (nSPS) is 11.5. The van der Waals surface area contributed by atoms with Crippen molar-refractivity contribution in [2.24, 2.45) is 5.16 Å². The molecular weight excluding hydrogens is 418 g/mol. The number of likely N-dealkylation sites (N-methyl/N-ethyl adjacent to an activating group) is 1. The summed E-state index contributed by atoms with van der Waals surface area (Å²) in [7, 11) is 3.96. The molecule has 1 N–H and O–H groups in total. The van der Waals surface area contributed by atoms with E-state index in [0.29, 0.717) is 18.9 Å². The van der Waals surface area contributed by atoms with Crippen LogP contribution in [0.25, 0.3) is 11.3 Å². The molecule has 0 aliphatic rings. The number of oxime groups is 1. The largest absolute Gasteiger partial charge is 0.490 e. The van der Waals surface area contributed by atoms with Crippen LogP contribution in [0, 0.1) is 6.92 Å². The highest BCUT2D eigenvalue weighted by atomic mass is 16.6. The van der Waals surface area contributed by atoms with Crippen molar-refractivity contribution in [1.29, 1.82) is 0 Å². The molecule has 0 saturated carbocycles. The molecule has 0 spiro atoms. The maximum atomic E-state index is 11.0. The molecule has 3 rings (SSSR count). The second kappa shape index (κ2) is 11.8. The molecule has 1 heterocycles. The molecule has 2 aromatic carbocycles. The van der Waals surface area contributed by atoms with Crippen molar-refractivity contribution in [2.75, 3.05) is 33.9 Å². The van der Waals surface area contributed by atoms with E-state index in [-0.39, 0.29) is 13.0 Å². The summed E-state index contributed by atoms with van der Waals surface area (Å²) < 4.78 is 5.79. The maximum absolute atomic E-state index is 11.0. The summed E-state index contributed by atoms with van der Waals surface area (Å²) in [5.41, 5.74) is 5.31. The summed E-state index contributed by atoms with van der Waals surface area (Å²) in [5.74, 6) is -0.214. The van der Waals surface area contributed by atoms with Gasteiger partial charge in [-0.05, 0) is 50.3 Å². The van der Waals surface area contributed by atoms with Crippen LogP contribution in [0.2, 0.25) is 0 Å². The van der Waals surface area contributed by atoms with Gasteiger partial charge >= 0.3 is 5.97 Å². The van der Waals surface area contributed by atoms with Gasteiger partial charge in [0.2, 0.25) is 0 Å². The number of ether oxygens (including phenoxy) is 1. The number of carboxylic acid groups (broad SMARTS) is 1. The van der Waals surface area contributed by atoms with Crippen molar-refractivity contribution >= 4 is 11.7 Å². The van der Waals surface area contributed by atoms with Gasteiger partial charge in [0.05, 0.1) is 12.1 Å². The number of benzene rings is 2. The number of rotatable bonds is 11. The van der Waals surface area contributed by atoms with Crippen molar-refractivity contribution in [3.63, 3.8) is 0 Å². The van der Waals surface area contributed by atoms with Gasteiger partial charge in [0.1, 0.15) is 18.1 Å². The summed E-state index contributed by atoms with van der Waals surface area (Å²) in [6.45, 7) is 3.05. The van der Waals surface area contributed by atoms with E-state index in [2.05, 4.69) is 10.1 Å². The van der Waals surface area contributed by atoms with Crippen LogP contribution < -0.4 is 4.74 Å². The van der Waals surface area contributed by atoms with Gasteiger partial charge in [-0.3, -0.25) is 9.78 Å². The first-order valence-electron chi connectivity index (χ1n) is 10.7. The molecule has 0 atom stereocenters. The second-order valence-electron chi connectivity index (χ2n) is 7.86. The minimum atomic E-state index is -0.866. The smallest absolute Gasteiger partial charge is 0.307 e. The number of pyridine rings is 1. The molecule has 3 aromatic rings. The summed E-state index contributed by atoms with van der Waals surface area (Å²) >= 11 is 0. The molecule has 0 aliphatic carbocycles. The maximum Gasteiger partial charge on any atom is 0.307 e. The van der Waals surface area contributed by atoms with Crippen LogP contribution in [0.15, 0.2) is 72.0 Å². The average Bonchev–Trinajstić information content (AvgIpc) is 2.80. The third kappa shape index (κ3) is 7.15. The lowest BCUT2D eigenvalue weighted by Gasteiger charge is -2.14. The average molecular weight is 448 g/mol. The standard InChI is InChI=1S/C26H29N3O4/c1-19-22(17-26(30)31)7-6-9-25(19)32-15-16-33-28-24(18-29(2)3)21-12-10-20(11-13-21)23-8-4-5-14-27-23/h4-14H,15-18H2,1-3H3,(H,30,31). The number of carboxylic acids is 1. The molecule has 0 saturated heterocycles. The van der Waals surface area contributed by atoms with Crippen molar-refractivity contribution in [3.8, 4) is 17.0 Å². The molecule has 7 heteroatoms. The van der Waals surface area contributed by atoms with E-state index >= 15 is 0 Å². The van der Waals surface area contributed by atoms with Gasteiger partial charge in [-0.2, -0.15) is 0 Å². The van der Waals surface area contributed by atoms with Crippen LogP contribution in [0.1, 0.15) is 16.7 Å². The monoisotopic (exact) mass is 447 g/mol. The molecule has 33 heavy (non-hydrogen) atoms. The third-order valence-electron chi connectivity index (χ3n) is 4.99. The first-order valence-corrected chi connectivity index (χ1v) is 10.7. The first-order chi connectivity index (χ1) is 15.9. The predicted molar refractivity (Wildman–Crippen MR) is 129 cm³/mol. The summed E-state index contributed by atoms with van der Waals surface area (Å²) in [6, 6.07) is 19.3. The molecule has 7 nitrogen and oxygen atoms in total. The Labute approximate surface area is 194 Å². The Balaban J connectivity index is 1.61. The van der Waals surface area contributed by atoms with Crippen LogP contribution in [0.4, 0.5) is 0 Å². The summed E-state index contributed by atoms with van der Waals surface area (Å²) in [6.07, 6.45) is 1.75. The second-order valence-corrected chi connectivity index (χ2v) is 7.86.